The van der Waals surface area contributed by atoms with Crippen LogP contribution in [0.5, 0.6) is 0 Å². The first-order valence-electron chi connectivity index (χ1n) is 2.54. The van der Waals surface area contributed by atoms with Gasteiger partial charge < -0.3 is 10.0 Å². The quantitative estimate of drug-likeness (QED) is 0.491. The highest BCUT2D eigenvalue weighted by Gasteiger charge is 2.14. The average molecular weight is 102 g/mol. The molecule has 42 valence electrons. The highest BCUT2D eigenvalue weighted by Crippen LogP contribution is 2.07. The fourth-order valence-electron chi connectivity index (χ4n) is 0.211. The summed E-state index contributed by atoms with van der Waals surface area (Å²) in [7, 11) is -1.13. The normalized spacial score (nSPS) is 13.7. The molecule has 0 aromatic heterocycles. The number of hydrogen-bond acceptors (Lipinski definition) is 2. The van der Waals surface area contributed by atoms with Gasteiger partial charge >= 0.3 is 7.12 Å². The lowest BCUT2D eigenvalue weighted by molar-refractivity contribution is 0.386. The van der Waals surface area contributed by atoms with Crippen molar-refractivity contribution in [3.63, 3.8) is 0 Å². The molecule has 3 heteroatoms. The predicted molar refractivity (Wildman–Crippen MR) is 29.9 cm³/mol. The molecule has 0 saturated heterocycles. The Morgan fingerprint density at radius 2 is 2.00 bits per heavy atom. The summed E-state index contributed by atoms with van der Waals surface area (Å²) in [6, 6.07) is 0. The van der Waals surface area contributed by atoms with Gasteiger partial charge in [-0.1, -0.05) is 20.3 Å². The third kappa shape index (κ3) is 2.65. The van der Waals surface area contributed by atoms with E-state index in [1.807, 2.05) is 6.92 Å². The van der Waals surface area contributed by atoms with Gasteiger partial charge in [0.25, 0.3) is 0 Å². The molecule has 2 nitrogen and oxygen atoms in total. The second-order valence-electron chi connectivity index (χ2n) is 1.80. The Hall–Kier alpha value is -0.0151. The molecule has 0 rings (SSSR count). The van der Waals surface area contributed by atoms with Crippen LogP contribution in [0.1, 0.15) is 20.3 Å². The molecule has 7 heavy (non-hydrogen) atoms. The molecule has 0 fully saturated rings. The van der Waals surface area contributed by atoms with Crippen molar-refractivity contribution < 1.29 is 10.0 Å². The summed E-state index contributed by atoms with van der Waals surface area (Å²) in [5, 5.41) is 16.8. The Bertz CT molecular complexity index is 47.0. The van der Waals surface area contributed by atoms with E-state index in [2.05, 4.69) is 0 Å². The SMILES string of the molecule is CCC(C)B(O)O. The summed E-state index contributed by atoms with van der Waals surface area (Å²) in [6.07, 6.45) is 0.817. The fraction of sp³-hybridized carbons (Fsp3) is 1.00. The van der Waals surface area contributed by atoms with Crippen LogP contribution >= 0.6 is 0 Å². The van der Waals surface area contributed by atoms with E-state index in [9.17, 15) is 0 Å². The first kappa shape index (κ1) is 6.98. The largest absolute Gasteiger partial charge is 0.454 e. The van der Waals surface area contributed by atoms with E-state index in [0.29, 0.717) is 0 Å². The maximum atomic E-state index is 8.38. The smallest absolute Gasteiger partial charge is 0.427 e. The van der Waals surface area contributed by atoms with Crippen molar-refractivity contribution in [2.24, 2.45) is 0 Å². The van der Waals surface area contributed by atoms with E-state index in [4.69, 9.17) is 10.0 Å². The number of hydrogen-bond donors (Lipinski definition) is 2. The maximum absolute atomic E-state index is 8.38. The Morgan fingerprint density at radius 3 is 2.00 bits per heavy atom. The van der Waals surface area contributed by atoms with Crippen molar-refractivity contribution in [1.82, 2.24) is 0 Å². The van der Waals surface area contributed by atoms with Crippen LogP contribution in [0.2, 0.25) is 5.82 Å². The molecule has 2 N–H and O–H groups in total. The Kier molecular flexibility index (Phi) is 3.04. The minimum atomic E-state index is -1.13. The van der Waals surface area contributed by atoms with Crippen LogP contribution in [-0.2, 0) is 0 Å². The molecule has 0 bridgehead atoms. The van der Waals surface area contributed by atoms with E-state index in [-0.39, 0.29) is 5.82 Å². The highest BCUT2D eigenvalue weighted by molar-refractivity contribution is 6.42. The second-order valence-corrected chi connectivity index (χ2v) is 1.80. The van der Waals surface area contributed by atoms with Gasteiger partial charge in [0.05, 0.1) is 0 Å². The first-order valence-corrected chi connectivity index (χ1v) is 2.54. The summed E-state index contributed by atoms with van der Waals surface area (Å²) < 4.78 is 0. The average Bonchev–Trinajstić information content (AvgIpc) is 1.65. The summed E-state index contributed by atoms with van der Waals surface area (Å²) in [6.45, 7) is 3.72. The van der Waals surface area contributed by atoms with Crippen LogP contribution in [0.15, 0.2) is 0 Å². The molecule has 0 radical (unpaired) electrons. The predicted octanol–water partition coefficient (Wildman–Crippen LogP) is 0.259. The van der Waals surface area contributed by atoms with Gasteiger partial charge in [-0.3, -0.25) is 0 Å². The Labute approximate surface area is 44.3 Å². The van der Waals surface area contributed by atoms with Crippen molar-refractivity contribution >= 4 is 7.12 Å². The van der Waals surface area contributed by atoms with Crippen LogP contribution < -0.4 is 0 Å². The van der Waals surface area contributed by atoms with Crippen LogP contribution in [0, 0.1) is 0 Å². The minimum absolute atomic E-state index is 0.0139. The van der Waals surface area contributed by atoms with Gasteiger partial charge in [0, 0.05) is 0 Å². The minimum Gasteiger partial charge on any atom is -0.427 e. The molecule has 0 aromatic carbocycles. The first-order chi connectivity index (χ1) is 3.18. The fourth-order valence-corrected chi connectivity index (χ4v) is 0.211. The second kappa shape index (κ2) is 3.05. The third-order valence-electron chi connectivity index (χ3n) is 1.15. The van der Waals surface area contributed by atoms with Crippen LogP contribution in [-0.4, -0.2) is 17.2 Å². The van der Waals surface area contributed by atoms with E-state index in [1.54, 1.807) is 6.92 Å². The lowest BCUT2D eigenvalue weighted by Crippen LogP contribution is -2.16. The van der Waals surface area contributed by atoms with Crippen LogP contribution in [0.3, 0.4) is 0 Å². The van der Waals surface area contributed by atoms with Gasteiger partial charge in [0.15, 0.2) is 0 Å². The van der Waals surface area contributed by atoms with Gasteiger partial charge in [0.2, 0.25) is 0 Å². The molecule has 0 heterocycles. The van der Waals surface area contributed by atoms with Gasteiger partial charge in [-0.15, -0.1) is 0 Å². The van der Waals surface area contributed by atoms with Gasteiger partial charge in [-0.25, -0.2) is 0 Å². The summed E-state index contributed by atoms with van der Waals surface area (Å²) in [4.78, 5) is 0. The van der Waals surface area contributed by atoms with E-state index in [1.165, 1.54) is 0 Å². The lowest BCUT2D eigenvalue weighted by atomic mass is 9.73. The molecule has 0 saturated carbocycles. The Balaban J connectivity index is 3.14. The Morgan fingerprint density at radius 1 is 1.57 bits per heavy atom. The van der Waals surface area contributed by atoms with Crippen molar-refractivity contribution in [2.45, 2.75) is 26.1 Å². The summed E-state index contributed by atoms with van der Waals surface area (Å²) >= 11 is 0. The molecule has 0 spiro atoms. The zero-order valence-electron chi connectivity index (χ0n) is 4.76. The van der Waals surface area contributed by atoms with Crippen molar-refractivity contribution in [2.75, 3.05) is 0 Å². The van der Waals surface area contributed by atoms with Crippen LogP contribution in [0.4, 0.5) is 0 Å². The molecular formula is C4H11BO2. The zero-order valence-corrected chi connectivity index (χ0v) is 4.76. The van der Waals surface area contributed by atoms with E-state index in [0.717, 1.165) is 6.42 Å². The van der Waals surface area contributed by atoms with E-state index < -0.39 is 7.12 Å². The number of rotatable bonds is 2. The van der Waals surface area contributed by atoms with Gasteiger partial charge in [0.1, 0.15) is 0 Å². The van der Waals surface area contributed by atoms with Crippen molar-refractivity contribution in [3.8, 4) is 0 Å². The lowest BCUT2D eigenvalue weighted by Gasteiger charge is -2.02. The molecular weight excluding hydrogens is 90.9 g/mol. The third-order valence-corrected chi connectivity index (χ3v) is 1.15. The van der Waals surface area contributed by atoms with E-state index >= 15 is 0 Å². The van der Waals surface area contributed by atoms with Crippen molar-refractivity contribution in [3.05, 3.63) is 0 Å². The topological polar surface area (TPSA) is 40.5 Å². The molecule has 0 aliphatic rings. The van der Waals surface area contributed by atoms with Gasteiger partial charge in [-0.2, -0.15) is 0 Å². The van der Waals surface area contributed by atoms with Gasteiger partial charge in [-0.05, 0) is 5.82 Å². The molecule has 1 atom stereocenters. The highest BCUT2D eigenvalue weighted by atomic mass is 16.4. The molecule has 0 aliphatic heterocycles. The molecule has 0 amide bonds. The maximum Gasteiger partial charge on any atom is 0.454 e. The van der Waals surface area contributed by atoms with Crippen molar-refractivity contribution in [1.29, 1.82) is 0 Å². The van der Waals surface area contributed by atoms with Crippen LogP contribution in [0.25, 0.3) is 0 Å². The molecule has 1 unspecified atom stereocenters. The standard InChI is InChI=1S/C4H11BO2/c1-3-4(2)5(6)7/h4,6-7H,3H2,1-2H3. The summed E-state index contributed by atoms with van der Waals surface area (Å²) in [5.41, 5.74) is 0. The summed E-state index contributed by atoms with van der Waals surface area (Å²) in [5.74, 6) is 0.0139. The monoisotopic (exact) mass is 102 g/mol. The molecule has 0 aliphatic carbocycles. The molecule has 0 aromatic rings. The zero-order chi connectivity index (χ0) is 5.86.